The molecule has 0 spiro atoms. The summed E-state index contributed by atoms with van der Waals surface area (Å²) in [6, 6.07) is 16.4. The first-order chi connectivity index (χ1) is 12.6. The zero-order valence-electron chi connectivity index (χ0n) is 15.0. The predicted molar refractivity (Wildman–Crippen MR) is 120 cm³/mol. The first-order valence-electron chi connectivity index (χ1n) is 8.77. The van der Waals surface area contributed by atoms with Gasteiger partial charge in [-0.1, -0.05) is 36.8 Å². The number of piperidine rings is 1. The van der Waals surface area contributed by atoms with Gasteiger partial charge in [-0.2, -0.15) is 4.31 Å². The van der Waals surface area contributed by atoms with E-state index in [4.69, 9.17) is 5.73 Å². The quantitative estimate of drug-likeness (QED) is 0.374. The van der Waals surface area contributed by atoms with Crippen molar-refractivity contribution in [1.29, 1.82) is 0 Å². The van der Waals surface area contributed by atoms with Gasteiger partial charge in [-0.3, -0.25) is 0 Å². The maximum absolute atomic E-state index is 12.6. The van der Waals surface area contributed by atoms with Crippen molar-refractivity contribution in [1.82, 2.24) is 4.31 Å². The molecule has 0 saturated carbocycles. The van der Waals surface area contributed by atoms with Gasteiger partial charge >= 0.3 is 0 Å². The first kappa shape index (κ1) is 21.6. The molecule has 0 bridgehead atoms. The molecule has 3 N–H and O–H groups in total. The van der Waals surface area contributed by atoms with Gasteiger partial charge in [0, 0.05) is 18.8 Å². The predicted octanol–water partition coefficient (Wildman–Crippen LogP) is 3.41. The summed E-state index contributed by atoms with van der Waals surface area (Å²) >= 11 is 0. The number of sulfonamides is 1. The van der Waals surface area contributed by atoms with Crippen LogP contribution < -0.4 is 11.1 Å². The second kappa shape index (κ2) is 10.0. The molecule has 27 heavy (non-hydrogen) atoms. The van der Waals surface area contributed by atoms with Gasteiger partial charge in [0.25, 0.3) is 0 Å². The second-order valence-corrected chi connectivity index (χ2v) is 8.24. The third-order valence-electron chi connectivity index (χ3n) is 4.35. The molecule has 1 heterocycles. The van der Waals surface area contributed by atoms with Crippen molar-refractivity contribution in [3.8, 4) is 0 Å². The van der Waals surface area contributed by atoms with Crippen molar-refractivity contribution in [2.75, 3.05) is 18.4 Å². The first-order valence-corrected chi connectivity index (χ1v) is 10.2. The number of halogens is 1. The number of para-hydroxylation sites is 1. The Bertz CT molecular complexity index is 849. The molecule has 6 nitrogen and oxygen atoms in total. The fourth-order valence-electron chi connectivity index (χ4n) is 2.91. The number of aliphatic imine (C=N–C) groups is 1. The molecule has 0 aliphatic carbocycles. The molecule has 3 rings (SSSR count). The normalized spacial score (nSPS) is 15.8. The number of hydrogen-bond donors (Lipinski definition) is 2. The van der Waals surface area contributed by atoms with Gasteiger partial charge in [0.15, 0.2) is 5.96 Å². The van der Waals surface area contributed by atoms with Gasteiger partial charge in [-0.05, 0) is 42.7 Å². The summed E-state index contributed by atoms with van der Waals surface area (Å²) in [6.07, 6.45) is 2.96. The van der Waals surface area contributed by atoms with Crippen molar-refractivity contribution in [2.45, 2.75) is 30.7 Å². The highest BCUT2D eigenvalue weighted by molar-refractivity contribution is 14.0. The molecule has 2 aromatic rings. The smallest absolute Gasteiger partial charge is 0.243 e. The van der Waals surface area contributed by atoms with Crippen LogP contribution in [-0.2, 0) is 16.6 Å². The molecule has 8 heteroatoms. The van der Waals surface area contributed by atoms with Gasteiger partial charge in [-0.25, -0.2) is 13.4 Å². The maximum Gasteiger partial charge on any atom is 0.243 e. The topological polar surface area (TPSA) is 87.8 Å². The number of rotatable bonds is 5. The summed E-state index contributed by atoms with van der Waals surface area (Å²) in [6.45, 7) is 1.60. The van der Waals surface area contributed by atoms with Crippen LogP contribution in [0.15, 0.2) is 64.5 Å². The highest BCUT2D eigenvalue weighted by Crippen LogP contribution is 2.21. The van der Waals surface area contributed by atoms with Gasteiger partial charge in [0.05, 0.1) is 11.4 Å². The van der Waals surface area contributed by atoms with E-state index in [0.717, 1.165) is 30.5 Å². The molecule has 146 valence electrons. The van der Waals surface area contributed by atoms with Crippen LogP contribution in [0.5, 0.6) is 0 Å². The Hall–Kier alpha value is -1.65. The third kappa shape index (κ3) is 5.91. The summed E-state index contributed by atoms with van der Waals surface area (Å²) in [5, 5.41) is 3.02. The molecule has 1 aliphatic heterocycles. The molecular formula is C19H25IN4O2S. The summed E-state index contributed by atoms with van der Waals surface area (Å²) in [7, 11) is -3.39. The van der Waals surface area contributed by atoms with E-state index in [-0.39, 0.29) is 24.0 Å². The minimum Gasteiger partial charge on any atom is -0.370 e. The number of guanidine groups is 1. The Morgan fingerprint density at radius 3 is 2.26 bits per heavy atom. The minimum absolute atomic E-state index is 0. The van der Waals surface area contributed by atoms with Crippen LogP contribution in [0, 0.1) is 0 Å². The highest BCUT2D eigenvalue weighted by atomic mass is 127. The van der Waals surface area contributed by atoms with E-state index in [0.29, 0.717) is 30.5 Å². The fourth-order valence-corrected chi connectivity index (χ4v) is 4.42. The lowest BCUT2D eigenvalue weighted by molar-refractivity contribution is 0.346. The van der Waals surface area contributed by atoms with E-state index in [2.05, 4.69) is 10.3 Å². The van der Waals surface area contributed by atoms with E-state index in [1.807, 2.05) is 30.3 Å². The molecular weight excluding hydrogens is 475 g/mol. The maximum atomic E-state index is 12.6. The van der Waals surface area contributed by atoms with Crippen molar-refractivity contribution < 1.29 is 8.42 Å². The van der Waals surface area contributed by atoms with Gasteiger partial charge in [0.2, 0.25) is 10.0 Å². The Kier molecular flexibility index (Phi) is 8.06. The largest absolute Gasteiger partial charge is 0.370 e. The summed E-state index contributed by atoms with van der Waals surface area (Å²) in [5.74, 6) is 0.321. The lowest BCUT2D eigenvalue weighted by Crippen LogP contribution is -2.35. The number of nitrogens with one attached hydrogen (secondary N) is 1. The Balaban J connectivity index is 0.00000261. The summed E-state index contributed by atoms with van der Waals surface area (Å²) in [5.41, 5.74) is 7.66. The molecule has 1 fully saturated rings. The summed E-state index contributed by atoms with van der Waals surface area (Å²) < 4.78 is 26.8. The molecule has 0 amide bonds. The molecule has 2 aromatic carbocycles. The lowest BCUT2D eigenvalue weighted by atomic mass is 10.2. The summed E-state index contributed by atoms with van der Waals surface area (Å²) in [4.78, 5) is 4.63. The van der Waals surface area contributed by atoms with Crippen LogP contribution in [0.1, 0.15) is 24.8 Å². The molecule has 0 radical (unpaired) electrons. The monoisotopic (exact) mass is 500 g/mol. The van der Waals surface area contributed by atoms with E-state index < -0.39 is 10.0 Å². The van der Waals surface area contributed by atoms with E-state index >= 15 is 0 Å². The van der Waals surface area contributed by atoms with Crippen molar-refractivity contribution >= 4 is 45.6 Å². The van der Waals surface area contributed by atoms with Crippen molar-refractivity contribution in [3.63, 3.8) is 0 Å². The average molecular weight is 500 g/mol. The zero-order valence-corrected chi connectivity index (χ0v) is 18.2. The molecule has 0 aromatic heterocycles. The standard InChI is InChI=1S/C19H24N4O2S.HI/c20-19(22-17-7-3-1-4-8-17)21-15-16-9-11-18(12-10-16)26(24,25)23-13-5-2-6-14-23;/h1,3-4,7-12H,2,5-6,13-15H2,(H3,20,21,22);1H. The van der Waals surface area contributed by atoms with E-state index in [1.165, 1.54) is 0 Å². The Morgan fingerprint density at radius 2 is 1.63 bits per heavy atom. The second-order valence-electron chi connectivity index (χ2n) is 6.30. The van der Waals surface area contributed by atoms with Crippen LogP contribution in [0.3, 0.4) is 0 Å². The van der Waals surface area contributed by atoms with Crippen LogP contribution in [0.2, 0.25) is 0 Å². The van der Waals surface area contributed by atoms with Crippen LogP contribution in [0.4, 0.5) is 5.69 Å². The van der Waals surface area contributed by atoms with Crippen LogP contribution in [0.25, 0.3) is 0 Å². The fraction of sp³-hybridized carbons (Fsp3) is 0.316. The number of benzene rings is 2. The van der Waals surface area contributed by atoms with Gasteiger partial charge < -0.3 is 11.1 Å². The van der Waals surface area contributed by atoms with Crippen LogP contribution >= 0.6 is 24.0 Å². The Morgan fingerprint density at radius 1 is 1.00 bits per heavy atom. The molecule has 1 saturated heterocycles. The van der Waals surface area contributed by atoms with E-state index in [9.17, 15) is 8.42 Å². The lowest BCUT2D eigenvalue weighted by Gasteiger charge is -2.25. The van der Waals surface area contributed by atoms with Crippen molar-refractivity contribution in [2.24, 2.45) is 10.7 Å². The average Bonchev–Trinajstić information content (AvgIpc) is 2.68. The number of hydrogen-bond acceptors (Lipinski definition) is 3. The zero-order chi connectivity index (χ0) is 18.4. The van der Waals surface area contributed by atoms with Crippen molar-refractivity contribution in [3.05, 3.63) is 60.2 Å². The number of anilines is 1. The van der Waals surface area contributed by atoms with Gasteiger partial charge in [-0.15, -0.1) is 24.0 Å². The highest BCUT2D eigenvalue weighted by Gasteiger charge is 2.25. The number of nitrogens with zero attached hydrogens (tertiary/aromatic N) is 2. The van der Waals surface area contributed by atoms with Crippen LogP contribution in [-0.4, -0.2) is 31.8 Å². The minimum atomic E-state index is -3.39. The molecule has 0 atom stereocenters. The van der Waals surface area contributed by atoms with Gasteiger partial charge in [0.1, 0.15) is 0 Å². The molecule has 0 unspecified atom stereocenters. The molecule has 1 aliphatic rings. The SMILES string of the molecule is I.NC(=NCc1ccc(S(=O)(=O)N2CCCCC2)cc1)Nc1ccccc1. The van der Waals surface area contributed by atoms with E-state index in [1.54, 1.807) is 28.6 Å². The third-order valence-corrected chi connectivity index (χ3v) is 6.27. The number of nitrogens with two attached hydrogens (primary N) is 1. The Labute approximate surface area is 177 Å².